The average molecular weight is 300 g/mol. The van der Waals surface area contributed by atoms with E-state index in [1.807, 2.05) is 19.4 Å². The Labute approximate surface area is 122 Å². The van der Waals surface area contributed by atoms with E-state index in [1.165, 1.54) is 0 Å². The minimum Gasteiger partial charge on any atom is -0.480 e. The van der Waals surface area contributed by atoms with Crippen LogP contribution in [-0.2, 0) is 18.3 Å². The molecule has 0 aliphatic rings. The van der Waals surface area contributed by atoms with E-state index in [0.29, 0.717) is 25.1 Å². The van der Waals surface area contributed by atoms with Crippen molar-refractivity contribution in [3.8, 4) is 0 Å². The number of amides is 2. The number of nitrogens with zero attached hydrogens (tertiary/aromatic N) is 2. The number of hydrogen-bond donors (Lipinski definition) is 3. The molecule has 1 atom stereocenters. The van der Waals surface area contributed by atoms with Gasteiger partial charge in [-0.05, 0) is 24.5 Å². The van der Waals surface area contributed by atoms with E-state index < -0.39 is 18.0 Å². The van der Waals surface area contributed by atoms with E-state index in [4.69, 9.17) is 5.11 Å². The molecule has 20 heavy (non-hydrogen) atoms. The SMILES string of the molecule is CSCC[C@H](NC(=O)NCCc1ccnn1C)C(=O)O. The molecule has 7 nitrogen and oxygen atoms in total. The van der Waals surface area contributed by atoms with Crippen LogP contribution in [0.3, 0.4) is 0 Å². The summed E-state index contributed by atoms with van der Waals surface area (Å²) < 4.78 is 1.73. The number of rotatable bonds is 8. The van der Waals surface area contributed by atoms with E-state index >= 15 is 0 Å². The maximum atomic E-state index is 11.6. The molecule has 2 amide bonds. The van der Waals surface area contributed by atoms with Gasteiger partial charge in [0.25, 0.3) is 0 Å². The quantitative estimate of drug-likeness (QED) is 0.648. The highest BCUT2D eigenvalue weighted by molar-refractivity contribution is 7.98. The molecule has 1 aromatic rings. The molecule has 0 radical (unpaired) electrons. The zero-order chi connectivity index (χ0) is 15.0. The topological polar surface area (TPSA) is 96.3 Å². The van der Waals surface area contributed by atoms with Crippen LogP contribution in [0.5, 0.6) is 0 Å². The molecule has 0 aliphatic heterocycles. The Morgan fingerprint density at radius 3 is 2.85 bits per heavy atom. The number of carboxylic acid groups (broad SMARTS) is 1. The summed E-state index contributed by atoms with van der Waals surface area (Å²) in [6.45, 7) is 0.431. The molecule has 0 saturated carbocycles. The minimum absolute atomic E-state index is 0.408. The third kappa shape index (κ3) is 5.52. The second-order valence-corrected chi connectivity index (χ2v) is 5.25. The maximum absolute atomic E-state index is 11.6. The number of hydrogen-bond acceptors (Lipinski definition) is 4. The van der Waals surface area contributed by atoms with Gasteiger partial charge in [-0.15, -0.1) is 0 Å². The van der Waals surface area contributed by atoms with Crippen LogP contribution in [0.25, 0.3) is 0 Å². The van der Waals surface area contributed by atoms with Crippen LogP contribution >= 0.6 is 11.8 Å². The molecule has 1 rings (SSSR count). The van der Waals surface area contributed by atoms with Crippen LogP contribution in [0.1, 0.15) is 12.1 Å². The van der Waals surface area contributed by atoms with Gasteiger partial charge in [-0.1, -0.05) is 0 Å². The van der Waals surface area contributed by atoms with E-state index in [1.54, 1.807) is 22.6 Å². The normalized spacial score (nSPS) is 11.9. The van der Waals surface area contributed by atoms with Gasteiger partial charge in [-0.3, -0.25) is 4.68 Å². The molecular formula is C12H20N4O3S. The molecule has 0 unspecified atom stereocenters. The van der Waals surface area contributed by atoms with Crippen LogP contribution < -0.4 is 10.6 Å². The summed E-state index contributed by atoms with van der Waals surface area (Å²) in [6.07, 6.45) is 4.64. The number of urea groups is 1. The first-order valence-corrected chi connectivity index (χ1v) is 7.67. The van der Waals surface area contributed by atoms with Crippen molar-refractivity contribution in [1.29, 1.82) is 0 Å². The summed E-state index contributed by atoms with van der Waals surface area (Å²) >= 11 is 1.55. The lowest BCUT2D eigenvalue weighted by Crippen LogP contribution is -2.46. The largest absolute Gasteiger partial charge is 0.480 e. The van der Waals surface area contributed by atoms with Crippen molar-refractivity contribution in [2.75, 3.05) is 18.6 Å². The summed E-state index contributed by atoms with van der Waals surface area (Å²) in [4.78, 5) is 22.6. The molecule has 0 fully saturated rings. The Bertz CT molecular complexity index is 450. The second kappa shape index (κ2) is 8.47. The van der Waals surface area contributed by atoms with Crippen molar-refractivity contribution in [3.63, 3.8) is 0 Å². The summed E-state index contributed by atoms with van der Waals surface area (Å²) in [6, 6.07) is 0.567. The molecule has 3 N–H and O–H groups in total. The molecule has 1 heterocycles. The Morgan fingerprint density at radius 1 is 1.55 bits per heavy atom. The average Bonchev–Trinajstić information content (AvgIpc) is 2.80. The Morgan fingerprint density at radius 2 is 2.30 bits per heavy atom. The first-order chi connectivity index (χ1) is 9.54. The minimum atomic E-state index is -1.01. The van der Waals surface area contributed by atoms with Crippen molar-refractivity contribution in [1.82, 2.24) is 20.4 Å². The number of nitrogens with one attached hydrogen (secondary N) is 2. The molecule has 0 saturated heterocycles. The molecule has 0 spiro atoms. The Kier molecular flexibility index (Phi) is 6.92. The lowest BCUT2D eigenvalue weighted by atomic mass is 10.2. The van der Waals surface area contributed by atoms with Gasteiger partial charge in [-0.2, -0.15) is 16.9 Å². The zero-order valence-corrected chi connectivity index (χ0v) is 12.4. The number of aliphatic carboxylic acids is 1. The Balaban J connectivity index is 2.31. The van der Waals surface area contributed by atoms with Gasteiger partial charge < -0.3 is 15.7 Å². The fourth-order valence-corrected chi connectivity index (χ4v) is 2.12. The lowest BCUT2D eigenvalue weighted by molar-refractivity contribution is -0.139. The first-order valence-electron chi connectivity index (χ1n) is 6.27. The van der Waals surface area contributed by atoms with Crippen LogP contribution in [0.15, 0.2) is 12.3 Å². The number of thioether (sulfide) groups is 1. The molecule has 112 valence electrons. The van der Waals surface area contributed by atoms with Gasteiger partial charge in [-0.25, -0.2) is 9.59 Å². The monoisotopic (exact) mass is 300 g/mol. The third-order valence-electron chi connectivity index (χ3n) is 2.80. The summed E-state index contributed by atoms with van der Waals surface area (Å²) in [5, 5.41) is 18.1. The van der Waals surface area contributed by atoms with Crippen LogP contribution in [0.4, 0.5) is 4.79 Å². The molecule has 0 aromatic carbocycles. The highest BCUT2D eigenvalue weighted by Gasteiger charge is 2.18. The molecular weight excluding hydrogens is 280 g/mol. The van der Waals surface area contributed by atoms with Crippen molar-refractivity contribution < 1.29 is 14.7 Å². The molecule has 8 heteroatoms. The summed E-state index contributed by atoms with van der Waals surface area (Å²) in [5.74, 6) is -0.326. The summed E-state index contributed by atoms with van der Waals surface area (Å²) in [7, 11) is 1.83. The fraction of sp³-hybridized carbons (Fsp3) is 0.583. The smallest absolute Gasteiger partial charge is 0.326 e. The van der Waals surface area contributed by atoms with Gasteiger partial charge in [0.15, 0.2) is 0 Å². The zero-order valence-electron chi connectivity index (χ0n) is 11.6. The van der Waals surface area contributed by atoms with E-state index in [2.05, 4.69) is 15.7 Å². The third-order valence-corrected chi connectivity index (χ3v) is 3.45. The van der Waals surface area contributed by atoms with Crippen LogP contribution in [0, 0.1) is 0 Å². The van der Waals surface area contributed by atoms with Crippen LogP contribution in [0.2, 0.25) is 0 Å². The van der Waals surface area contributed by atoms with E-state index in [0.717, 1.165) is 5.69 Å². The van der Waals surface area contributed by atoms with E-state index in [-0.39, 0.29) is 0 Å². The van der Waals surface area contributed by atoms with Crippen LogP contribution in [-0.4, -0.2) is 51.5 Å². The van der Waals surface area contributed by atoms with Crippen molar-refractivity contribution >= 4 is 23.8 Å². The predicted octanol–water partition coefficient (Wildman–Crippen LogP) is 0.468. The number of carbonyl (C=O) groups is 2. The van der Waals surface area contributed by atoms with E-state index in [9.17, 15) is 9.59 Å². The van der Waals surface area contributed by atoms with Gasteiger partial charge in [0.05, 0.1) is 0 Å². The molecule has 1 aromatic heterocycles. The summed E-state index contributed by atoms with van der Waals surface area (Å²) in [5.41, 5.74) is 1.00. The second-order valence-electron chi connectivity index (χ2n) is 4.27. The van der Waals surface area contributed by atoms with Gasteiger partial charge >= 0.3 is 12.0 Å². The maximum Gasteiger partial charge on any atom is 0.326 e. The number of aryl methyl sites for hydroxylation is 1. The Hall–Kier alpha value is -1.70. The van der Waals surface area contributed by atoms with Gasteiger partial charge in [0.2, 0.25) is 0 Å². The first kappa shape index (κ1) is 16.4. The highest BCUT2D eigenvalue weighted by Crippen LogP contribution is 2.01. The number of carboxylic acids is 1. The fourth-order valence-electron chi connectivity index (χ4n) is 1.65. The van der Waals surface area contributed by atoms with Gasteiger partial charge in [0, 0.05) is 31.9 Å². The molecule has 0 bridgehead atoms. The predicted molar refractivity (Wildman–Crippen MR) is 77.9 cm³/mol. The standard InChI is InChI=1S/C12H20N4O3S/c1-16-9(4-7-14-16)3-6-13-12(19)15-10(11(17)18)5-8-20-2/h4,7,10H,3,5-6,8H2,1-2H3,(H,17,18)(H2,13,15,19)/t10-/m0/s1. The van der Waals surface area contributed by atoms with Gasteiger partial charge in [0.1, 0.15) is 6.04 Å². The van der Waals surface area contributed by atoms with Crippen molar-refractivity contribution in [3.05, 3.63) is 18.0 Å². The molecule has 0 aliphatic carbocycles. The number of carbonyl (C=O) groups excluding carboxylic acids is 1. The number of aromatic nitrogens is 2. The van der Waals surface area contributed by atoms with Crippen molar-refractivity contribution in [2.24, 2.45) is 7.05 Å². The highest BCUT2D eigenvalue weighted by atomic mass is 32.2. The lowest BCUT2D eigenvalue weighted by Gasteiger charge is -2.14. The van der Waals surface area contributed by atoms with Crippen molar-refractivity contribution in [2.45, 2.75) is 18.9 Å².